The summed E-state index contributed by atoms with van der Waals surface area (Å²) in [5.41, 5.74) is 2.75. The van der Waals surface area contributed by atoms with E-state index in [9.17, 15) is 9.59 Å². The topological polar surface area (TPSA) is 70.1 Å². The van der Waals surface area contributed by atoms with E-state index in [4.69, 9.17) is 9.84 Å². The monoisotopic (exact) mass is 478 g/mol. The largest absolute Gasteiger partial charge is 0.492 e. The number of aliphatic carboxylic acids is 1. The van der Waals surface area contributed by atoms with Gasteiger partial charge in [-0.3, -0.25) is 14.5 Å². The van der Waals surface area contributed by atoms with E-state index in [1.807, 2.05) is 11.0 Å². The number of piperidine rings is 1. The fourth-order valence-corrected chi connectivity index (χ4v) is 5.57. The van der Waals surface area contributed by atoms with Gasteiger partial charge in [-0.1, -0.05) is 55.0 Å². The lowest BCUT2D eigenvalue weighted by molar-refractivity contribution is -0.141. The molecule has 4 rings (SSSR count). The van der Waals surface area contributed by atoms with Crippen LogP contribution in [0.2, 0.25) is 0 Å². The van der Waals surface area contributed by atoms with Crippen molar-refractivity contribution in [2.24, 2.45) is 5.41 Å². The van der Waals surface area contributed by atoms with Crippen LogP contribution in [0.3, 0.4) is 0 Å². The Morgan fingerprint density at radius 1 is 0.886 bits per heavy atom. The summed E-state index contributed by atoms with van der Waals surface area (Å²) in [6.45, 7) is 4.82. The standard InChI is InChI=1S/C29H38N2O4/c32-27(13-14-28(33)34)31-18-16-29(17-19-31)15-7-6-11-25-10-4-5-12-26(25)35-21-20-30(23-29)22-24-8-2-1-3-9-24/h1-5,8-10,12H,6-7,11,13-23H2,(H,33,34). The molecule has 188 valence electrons. The number of hydrogen-bond acceptors (Lipinski definition) is 4. The Bertz CT molecular complexity index is 970. The predicted molar refractivity (Wildman–Crippen MR) is 136 cm³/mol. The molecule has 1 amide bonds. The number of aryl methyl sites for hydroxylation is 1. The number of likely N-dealkylation sites (tertiary alicyclic amines) is 1. The van der Waals surface area contributed by atoms with Crippen LogP contribution in [0.4, 0.5) is 0 Å². The average Bonchev–Trinajstić information content (AvgIpc) is 2.86. The molecule has 0 aromatic heterocycles. The number of amides is 1. The van der Waals surface area contributed by atoms with Crippen LogP contribution in [0.25, 0.3) is 0 Å². The summed E-state index contributed by atoms with van der Waals surface area (Å²) in [6, 6.07) is 19.0. The van der Waals surface area contributed by atoms with Crippen molar-refractivity contribution >= 4 is 11.9 Å². The molecule has 2 aliphatic heterocycles. The van der Waals surface area contributed by atoms with Gasteiger partial charge in [-0.05, 0) is 54.7 Å². The van der Waals surface area contributed by atoms with Gasteiger partial charge < -0.3 is 14.7 Å². The van der Waals surface area contributed by atoms with Gasteiger partial charge >= 0.3 is 5.97 Å². The molecular weight excluding hydrogens is 440 g/mol. The van der Waals surface area contributed by atoms with Crippen LogP contribution in [-0.4, -0.2) is 59.6 Å². The predicted octanol–water partition coefficient (Wildman–Crippen LogP) is 4.77. The molecule has 0 bridgehead atoms. The lowest BCUT2D eigenvalue weighted by Gasteiger charge is -2.45. The third kappa shape index (κ3) is 7.31. The van der Waals surface area contributed by atoms with Gasteiger partial charge in [0.05, 0.1) is 6.42 Å². The number of carbonyl (C=O) groups excluding carboxylic acids is 1. The lowest BCUT2D eigenvalue weighted by Crippen LogP contribution is -2.48. The van der Waals surface area contributed by atoms with E-state index in [0.717, 1.165) is 77.0 Å². The maximum absolute atomic E-state index is 12.5. The van der Waals surface area contributed by atoms with Gasteiger partial charge in [0.15, 0.2) is 0 Å². The molecule has 6 nitrogen and oxygen atoms in total. The minimum atomic E-state index is -0.911. The van der Waals surface area contributed by atoms with E-state index in [1.165, 1.54) is 11.1 Å². The highest BCUT2D eigenvalue weighted by Gasteiger charge is 2.37. The first-order valence-electron chi connectivity index (χ1n) is 13.0. The van der Waals surface area contributed by atoms with E-state index in [1.54, 1.807) is 0 Å². The molecule has 0 saturated carbocycles. The molecule has 1 spiro atoms. The van der Waals surface area contributed by atoms with Crippen LogP contribution in [0.15, 0.2) is 54.6 Å². The Hall–Kier alpha value is -2.86. The smallest absolute Gasteiger partial charge is 0.303 e. The molecule has 6 heteroatoms. The van der Waals surface area contributed by atoms with Crippen molar-refractivity contribution in [3.05, 3.63) is 65.7 Å². The highest BCUT2D eigenvalue weighted by atomic mass is 16.5. The summed E-state index contributed by atoms with van der Waals surface area (Å²) in [5, 5.41) is 8.93. The molecular formula is C29H38N2O4. The Kier molecular flexibility index (Phi) is 8.80. The first-order valence-corrected chi connectivity index (χ1v) is 13.0. The molecule has 2 heterocycles. The minimum absolute atomic E-state index is 0.0263. The van der Waals surface area contributed by atoms with Crippen LogP contribution < -0.4 is 4.74 Å². The number of benzene rings is 2. The maximum atomic E-state index is 12.5. The first-order chi connectivity index (χ1) is 17.0. The van der Waals surface area contributed by atoms with Crippen molar-refractivity contribution in [1.82, 2.24) is 9.80 Å². The molecule has 2 aromatic carbocycles. The molecule has 0 aliphatic carbocycles. The summed E-state index contributed by atoms with van der Waals surface area (Å²) in [5.74, 6) is 0.0728. The molecule has 0 atom stereocenters. The van der Waals surface area contributed by atoms with Gasteiger partial charge in [-0.25, -0.2) is 0 Å². The van der Waals surface area contributed by atoms with E-state index in [0.29, 0.717) is 6.61 Å². The first kappa shape index (κ1) is 25.2. The van der Waals surface area contributed by atoms with Crippen molar-refractivity contribution in [1.29, 1.82) is 0 Å². The summed E-state index contributed by atoms with van der Waals surface area (Å²) < 4.78 is 6.26. The number of para-hydroxylation sites is 1. The van der Waals surface area contributed by atoms with Crippen LogP contribution >= 0.6 is 0 Å². The number of fused-ring (bicyclic) bond motifs is 1. The normalized spacial score (nSPS) is 19.1. The van der Waals surface area contributed by atoms with Crippen molar-refractivity contribution < 1.29 is 19.4 Å². The molecule has 35 heavy (non-hydrogen) atoms. The summed E-state index contributed by atoms with van der Waals surface area (Å²) >= 11 is 0. The molecule has 2 aromatic rings. The molecule has 0 unspecified atom stereocenters. The van der Waals surface area contributed by atoms with Crippen LogP contribution in [0.1, 0.15) is 56.1 Å². The molecule has 1 fully saturated rings. The third-order valence-electron chi connectivity index (χ3n) is 7.58. The second-order valence-corrected chi connectivity index (χ2v) is 10.1. The fraction of sp³-hybridized carbons (Fsp3) is 0.517. The van der Waals surface area contributed by atoms with E-state index in [-0.39, 0.29) is 24.2 Å². The summed E-state index contributed by atoms with van der Waals surface area (Å²) in [4.78, 5) is 27.8. The number of nitrogens with zero attached hydrogens (tertiary/aromatic N) is 2. The fourth-order valence-electron chi connectivity index (χ4n) is 5.57. The second-order valence-electron chi connectivity index (χ2n) is 10.1. The Morgan fingerprint density at radius 3 is 2.40 bits per heavy atom. The van der Waals surface area contributed by atoms with Gasteiger partial charge in [0.1, 0.15) is 12.4 Å². The maximum Gasteiger partial charge on any atom is 0.303 e. The van der Waals surface area contributed by atoms with Crippen LogP contribution in [-0.2, 0) is 22.6 Å². The second kappa shape index (κ2) is 12.2. The van der Waals surface area contributed by atoms with Gasteiger partial charge in [0.25, 0.3) is 0 Å². The lowest BCUT2D eigenvalue weighted by atomic mass is 9.73. The highest BCUT2D eigenvalue weighted by molar-refractivity contribution is 5.80. The molecule has 2 aliphatic rings. The van der Waals surface area contributed by atoms with Crippen molar-refractivity contribution in [2.45, 2.75) is 57.9 Å². The SMILES string of the molecule is O=C(O)CCC(=O)N1CCC2(CCCCc3ccccc3OCCN(Cc3ccccc3)C2)CC1. The number of hydrogen-bond donors (Lipinski definition) is 1. The zero-order valence-electron chi connectivity index (χ0n) is 20.7. The van der Waals surface area contributed by atoms with Gasteiger partial charge in [-0.2, -0.15) is 0 Å². The number of rotatable bonds is 5. The minimum Gasteiger partial charge on any atom is -0.492 e. The van der Waals surface area contributed by atoms with Crippen molar-refractivity contribution in [2.75, 3.05) is 32.8 Å². The number of carboxylic acids is 1. The van der Waals surface area contributed by atoms with Gasteiger partial charge in [0, 0.05) is 39.1 Å². The summed E-state index contributed by atoms with van der Waals surface area (Å²) in [6.07, 6.45) is 6.40. The average molecular weight is 479 g/mol. The van der Waals surface area contributed by atoms with Crippen LogP contribution in [0, 0.1) is 5.41 Å². The molecule has 1 N–H and O–H groups in total. The zero-order valence-corrected chi connectivity index (χ0v) is 20.7. The molecule has 0 radical (unpaired) electrons. The van der Waals surface area contributed by atoms with E-state index >= 15 is 0 Å². The molecule has 1 saturated heterocycles. The Morgan fingerprint density at radius 2 is 1.63 bits per heavy atom. The zero-order chi connectivity index (χ0) is 24.5. The quantitative estimate of drug-likeness (QED) is 0.671. The van der Waals surface area contributed by atoms with Crippen molar-refractivity contribution in [3.8, 4) is 5.75 Å². The number of ether oxygens (including phenoxy) is 1. The van der Waals surface area contributed by atoms with Crippen molar-refractivity contribution in [3.63, 3.8) is 0 Å². The summed E-state index contributed by atoms with van der Waals surface area (Å²) in [7, 11) is 0. The van der Waals surface area contributed by atoms with Crippen LogP contribution in [0.5, 0.6) is 5.75 Å². The Balaban J connectivity index is 1.47. The number of carbonyl (C=O) groups is 2. The Labute approximate surface area is 208 Å². The van der Waals surface area contributed by atoms with Gasteiger partial charge in [0.2, 0.25) is 5.91 Å². The highest BCUT2D eigenvalue weighted by Crippen LogP contribution is 2.39. The van der Waals surface area contributed by atoms with E-state index in [2.05, 4.69) is 53.4 Å². The third-order valence-corrected chi connectivity index (χ3v) is 7.58. The van der Waals surface area contributed by atoms with Gasteiger partial charge in [-0.15, -0.1) is 0 Å². The van der Waals surface area contributed by atoms with E-state index < -0.39 is 5.97 Å². The number of carboxylic acid groups (broad SMARTS) is 1.